The third kappa shape index (κ3) is 5.53. The Hall–Kier alpha value is -0.980. The van der Waals surface area contributed by atoms with Crippen LogP contribution >= 0.6 is 27.0 Å². The van der Waals surface area contributed by atoms with Crippen molar-refractivity contribution in [3.05, 3.63) is 60.2 Å². The maximum atomic E-state index is 10.00. The number of hydrogen-bond donors (Lipinski definition) is 3. The lowest BCUT2D eigenvalue weighted by molar-refractivity contribution is 0.0813. The molecule has 3 nitrogen and oxygen atoms in total. The van der Waals surface area contributed by atoms with Crippen molar-refractivity contribution in [2.45, 2.75) is 19.1 Å². The highest BCUT2D eigenvalue weighted by molar-refractivity contribution is 7.59. The highest BCUT2D eigenvalue weighted by atomic mass is 32.1. The topological polar surface area (TPSA) is 44.3 Å². The number of nitrogens with one attached hydrogen (secondary N) is 2. The first kappa shape index (κ1) is 21.1. The summed E-state index contributed by atoms with van der Waals surface area (Å²) < 4.78 is 0. The van der Waals surface area contributed by atoms with Crippen LogP contribution in [0.1, 0.15) is 12.0 Å². The van der Waals surface area contributed by atoms with Gasteiger partial charge in [-0.3, -0.25) is 0 Å². The van der Waals surface area contributed by atoms with Crippen molar-refractivity contribution in [1.29, 1.82) is 0 Å². The van der Waals surface area contributed by atoms with Crippen LogP contribution < -0.4 is 10.6 Å². The Bertz CT molecular complexity index is 595. The van der Waals surface area contributed by atoms with Gasteiger partial charge in [-0.1, -0.05) is 54.6 Å². The predicted molar refractivity (Wildman–Crippen MR) is 111 cm³/mol. The fraction of sp³-hybridized carbons (Fsp3) is 0.368. The Morgan fingerprint density at radius 1 is 1.00 bits per heavy atom. The zero-order chi connectivity index (χ0) is 15.2. The molecule has 1 fully saturated rings. The summed E-state index contributed by atoms with van der Waals surface area (Å²) in [5.41, 5.74) is 3.83. The van der Waals surface area contributed by atoms with E-state index in [1.807, 2.05) is 6.07 Å². The van der Waals surface area contributed by atoms with E-state index in [0.29, 0.717) is 12.5 Å². The predicted octanol–water partition coefficient (Wildman–Crippen LogP) is 2.64. The number of benzene rings is 2. The van der Waals surface area contributed by atoms with Gasteiger partial charge >= 0.3 is 0 Å². The van der Waals surface area contributed by atoms with Crippen LogP contribution in [0.15, 0.2) is 54.6 Å². The van der Waals surface area contributed by atoms with Crippen LogP contribution in [0.25, 0.3) is 11.1 Å². The first-order valence-electron chi connectivity index (χ1n) is 8.07. The van der Waals surface area contributed by atoms with E-state index < -0.39 is 0 Å². The fourth-order valence-electron chi connectivity index (χ4n) is 3.10. The molecule has 0 unspecified atom stereocenters. The van der Waals surface area contributed by atoms with Gasteiger partial charge in [0.1, 0.15) is 0 Å². The average Bonchev–Trinajstić information content (AvgIpc) is 2.58. The summed E-state index contributed by atoms with van der Waals surface area (Å²) in [5.74, 6) is 0.352. The second-order valence-corrected chi connectivity index (χ2v) is 5.97. The molecule has 1 heterocycles. The molecule has 1 saturated heterocycles. The largest absolute Gasteiger partial charge is 0.391 e. The van der Waals surface area contributed by atoms with E-state index in [0.717, 1.165) is 26.1 Å². The number of aliphatic hydroxyl groups is 1. The molecule has 0 aromatic heterocycles. The summed E-state index contributed by atoms with van der Waals surface area (Å²) in [6.07, 6.45) is 0.805. The molecule has 1 aliphatic heterocycles. The van der Waals surface area contributed by atoms with Crippen LogP contribution in [-0.4, -0.2) is 30.8 Å². The van der Waals surface area contributed by atoms with Gasteiger partial charge in [0.25, 0.3) is 0 Å². The van der Waals surface area contributed by atoms with Crippen molar-refractivity contribution in [3.63, 3.8) is 0 Å². The lowest BCUT2D eigenvalue weighted by Crippen LogP contribution is -2.44. The zero-order valence-corrected chi connectivity index (χ0v) is 15.8. The van der Waals surface area contributed by atoms with Gasteiger partial charge in [-0.25, -0.2) is 0 Å². The van der Waals surface area contributed by atoms with Crippen molar-refractivity contribution in [3.8, 4) is 11.1 Å². The molecule has 2 aromatic carbocycles. The maximum Gasteiger partial charge on any atom is 0.0705 e. The normalized spacial score (nSPS) is 19.9. The van der Waals surface area contributed by atoms with E-state index in [9.17, 15) is 5.11 Å². The Balaban J connectivity index is 0.00000144. The standard InChI is InChI=1S/C19H24N2O.2H2S/c22-19-14-20-11-10-17(19)13-21-12-16-8-4-5-9-18(16)15-6-2-1-3-7-15;;/h1-9,17,19-22H,10-14H2;2*1H2/t17-,19+;;/m0../s1. The molecule has 0 radical (unpaired) electrons. The van der Waals surface area contributed by atoms with Crippen LogP contribution in [0.5, 0.6) is 0 Å². The lowest BCUT2D eigenvalue weighted by Gasteiger charge is -2.28. The van der Waals surface area contributed by atoms with Crippen LogP contribution in [-0.2, 0) is 6.54 Å². The summed E-state index contributed by atoms with van der Waals surface area (Å²) in [6, 6.07) is 19.0. The number of β-amino-alcohol motifs (C(OH)–C–C–N with tert-alkyl or cyclic N) is 1. The minimum Gasteiger partial charge on any atom is -0.391 e. The molecule has 0 aliphatic carbocycles. The zero-order valence-electron chi connectivity index (χ0n) is 13.8. The molecular formula is C19H28N2OS2. The Morgan fingerprint density at radius 3 is 2.46 bits per heavy atom. The molecule has 3 N–H and O–H groups in total. The number of aliphatic hydroxyl groups excluding tert-OH is 1. The number of rotatable bonds is 5. The van der Waals surface area contributed by atoms with E-state index in [1.165, 1.54) is 16.7 Å². The first-order chi connectivity index (χ1) is 10.8. The molecule has 24 heavy (non-hydrogen) atoms. The highest BCUT2D eigenvalue weighted by Crippen LogP contribution is 2.23. The van der Waals surface area contributed by atoms with Crippen LogP contribution in [0, 0.1) is 5.92 Å². The van der Waals surface area contributed by atoms with Gasteiger partial charge < -0.3 is 15.7 Å². The molecule has 0 spiro atoms. The molecule has 0 bridgehead atoms. The highest BCUT2D eigenvalue weighted by Gasteiger charge is 2.22. The van der Waals surface area contributed by atoms with Gasteiger partial charge in [-0.15, -0.1) is 0 Å². The lowest BCUT2D eigenvalue weighted by atomic mass is 9.94. The number of hydrogen-bond acceptors (Lipinski definition) is 3. The van der Waals surface area contributed by atoms with Gasteiger partial charge in [-0.05, 0) is 35.6 Å². The van der Waals surface area contributed by atoms with Gasteiger partial charge in [-0.2, -0.15) is 27.0 Å². The molecule has 132 valence electrons. The van der Waals surface area contributed by atoms with E-state index in [4.69, 9.17) is 0 Å². The smallest absolute Gasteiger partial charge is 0.0705 e. The van der Waals surface area contributed by atoms with Crippen molar-refractivity contribution in [2.75, 3.05) is 19.6 Å². The minimum absolute atomic E-state index is 0. The Morgan fingerprint density at radius 2 is 1.71 bits per heavy atom. The number of piperidine rings is 1. The molecule has 0 saturated carbocycles. The van der Waals surface area contributed by atoms with Crippen molar-refractivity contribution >= 4 is 27.0 Å². The minimum atomic E-state index is -0.231. The van der Waals surface area contributed by atoms with E-state index >= 15 is 0 Å². The first-order valence-corrected chi connectivity index (χ1v) is 8.07. The quantitative estimate of drug-likeness (QED) is 0.764. The van der Waals surface area contributed by atoms with Gasteiger partial charge in [0.15, 0.2) is 0 Å². The second kappa shape index (κ2) is 10.8. The second-order valence-electron chi connectivity index (χ2n) is 5.97. The third-order valence-electron chi connectivity index (χ3n) is 4.41. The van der Waals surface area contributed by atoms with E-state index in [1.54, 1.807) is 0 Å². The maximum absolute atomic E-state index is 10.00. The van der Waals surface area contributed by atoms with Gasteiger partial charge in [0.05, 0.1) is 6.10 Å². The van der Waals surface area contributed by atoms with Gasteiger partial charge in [0, 0.05) is 19.6 Å². The summed E-state index contributed by atoms with van der Waals surface area (Å²) in [6.45, 7) is 3.42. The molecule has 2 atom stereocenters. The van der Waals surface area contributed by atoms with Crippen LogP contribution in [0.2, 0.25) is 0 Å². The fourth-order valence-corrected chi connectivity index (χ4v) is 3.10. The summed E-state index contributed by atoms with van der Waals surface area (Å²) in [7, 11) is 0. The van der Waals surface area contributed by atoms with Crippen LogP contribution in [0.4, 0.5) is 0 Å². The molecular weight excluding hydrogens is 336 g/mol. The third-order valence-corrected chi connectivity index (χ3v) is 4.41. The summed E-state index contributed by atoms with van der Waals surface area (Å²) in [5, 5.41) is 16.7. The van der Waals surface area contributed by atoms with Gasteiger partial charge in [0.2, 0.25) is 0 Å². The molecule has 2 aromatic rings. The molecule has 0 amide bonds. The molecule has 1 aliphatic rings. The van der Waals surface area contributed by atoms with Crippen molar-refractivity contribution in [2.24, 2.45) is 5.92 Å². The average molecular weight is 365 g/mol. The molecule has 5 heteroatoms. The monoisotopic (exact) mass is 364 g/mol. The molecule has 3 rings (SSSR count). The Kier molecular flexibility index (Phi) is 9.48. The van der Waals surface area contributed by atoms with E-state index in [-0.39, 0.29) is 33.1 Å². The SMILES string of the molecule is O[C@@H]1CNCC[C@H]1CNCc1ccccc1-c1ccccc1.S.S. The van der Waals surface area contributed by atoms with Crippen LogP contribution in [0.3, 0.4) is 0 Å². The summed E-state index contributed by atoms with van der Waals surface area (Å²) >= 11 is 0. The summed E-state index contributed by atoms with van der Waals surface area (Å²) in [4.78, 5) is 0. The van der Waals surface area contributed by atoms with E-state index in [2.05, 4.69) is 59.2 Å². The van der Waals surface area contributed by atoms with Crippen molar-refractivity contribution < 1.29 is 5.11 Å². The Labute approximate surface area is 158 Å². The van der Waals surface area contributed by atoms with Crippen molar-refractivity contribution in [1.82, 2.24) is 10.6 Å².